The van der Waals surface area contributed by atoms with Crippen LogP contribution in [0.4, 0.5) is 11.4 Å². The van der Waals surface area contributed by atoms with Gasteiger partial charge in [0.15, 0.2) is 0 Å². The van der Waals surface area contributed by atoms with Gasteiger partial charge in [-0.1, -0.05) is 13.3 Å². The van der Waals surface area contributed by atoms with Gasteiger partial charge in [-0.3, -0.25) is 4.79 Å². The summed E-state index contributed by atoms with van der Waals surface area (Å²) >= 11 is 0. The van der Waals surface area contributed by atoms with Crippen LogP contribution >= 0.6 is 0 Å². The summed E-state index contributed by atoms with van der Waals surface area (Å²) in [7, 11) is 0. The number of rotatable bonds is 6. The van der Waals surface area contributed by atoms with E-state index in [1.54, 1.807) is 23.1 Å². The van der Waals surface area contributed by atoms with E-state index >= 15 is 0 Å². The number of nitrogen functional groups attached to an aromatic ring is 2. The molecule has 1 aromatic carbocycles. The average Bonchev–Trinajstić information content (AvgIpc) is 2.32. The lowest BCUT2D eigenvalue weighted by Crippen LogP contribution is -2.34. The second kappa shape index (κ2) is 6.86. The van der Waals surface area contributed by atoms with Crippen LogP contribution < -0.4 is 11.5 Å². The lowest BCUT2D eigenvalue weighted by atomic mass is 10.1. The van der Waals surface area contributed by atoms with Crippen LogP contribution in [-0.2, 0) is 0 Å². The molecule has 18 heavy (non-hydrogen) atoms. The Hall–Kier alpha value is -1.75. The zero-order valence-corrected chi connectivity index (χ0v) is 10.7. The van der Waals surface area contributed by atoms with Crippen molar-refractivity contribution >= 4 is 17.3 Å². The number of carbonyl (C=O) groups is 1. The number of nitrogens with zero attached hydrogens (tertiary/aromatic N) is 1. The third-order valence-corrected chi connectivity index (χ3v) is 2.66. The number of benzene rings is 1. The molecule has 0 aliphatic heterocycles. The number of aliphatic hydroxyl groups excluding tert-OH is 1. The molecule has 1 aromatic rings. The van der Waals surface area contributed by atoms with Crippen molar-refractivity contribution in [2.24, 2.45) is 0 Å². The predicted octanol–water partition coefficient (Wildman–Crippen LogP) is 1.09. The van der Waals surface area contributed by atoms with Gasteiger partial charge in [-0.25, -0.2) is 0 Å². The molecule has 0 radical (unpaired) electrons. The molecule has 0 heterocycles. The summed E-state index contributed by atoms with van der Waals surface area (Å²) in [5, 5.41) is 9.00. The highest BCUT2D eigenvalue weighted by Gasteiger charge is 2.15. The molecule has 5 nitrogen and oxygen atoms in total. The summed E-state index contributed by atoms with van der Waals surface area (Å²) in [6.07, 6.45) is 1.90. The Kier molecular flexibility index (Phi) is 5.45. The number of unbranched alkanes of at least 4 members (excludes halogenated alkanes) is 1. The standard InChI is InChI=1S/C13H21N3O2/c1-2-3-4-16(5-6-17)13(18)10-7-11(14)9-12(15)8-10/h7-9,17H,2-6,14-15H2,1H3. The fourth-order valence-electron chi connectivity index (χ4n) is 1.77. The van der Waals surface area contributed by atoms with E-state index in [2.05, 4.69) is 6.92 Å². The summed E-state index contributed by atoms with van der Waals surface area (Å²) < 4.78 is 0. The molecular formula is C13H21N3O2. The van der Waals surface area contributed by atoms with Gasteiger partial charge in [0.2, 0.25) is 0 Å². The highest BCUT2D eigenvalue weighted by atomic mass is 16.3. The summed E-state index contributed by atoms with van der Waals surface area (Å²) in [5.41, 5.74) is 12.8. The Bertz CT molecular complexity index is 387. The van der Waals surface area contributed by atoms with Gasteiger partial charge >= 0.3 is 0 Å². The van der Waals surface area contributed by atoms with E-state index in [9.17, 15) is 4.79 Å². The lowest BCUT2D eigenvalue weighted by Gasteiger charge is -2.22. The molecule has 1 rings (SSSR count). The number of carbonyl (C=O) groups excluding carboxylic acids is 1. The number of hydrogen-bond donors (Lipinski definition) is 3. The molecule has 100 valence electrons. The Balaban J connectivity index is 2.86. The minimum Gasteiger partial charge on any atom is -0.399 e. The minimum absolute atomic E-state index is 0.0484. The van der Waals surface area contributed by atoms with E-state index < -0.39 is 0 Å². The Morgan fingerprint density at radius 3 is 2.33 bits per heavy atom. The van der Waals surface area contributed by atoms with Crippen LogP contribution in [0.15, 0.2) is 18.2 Å². The fourth-order valence-corrected chi connectivity index (χ4v) is 1.77. The summed E-state index contributed by atoms with van der Waals surface area (Å²) in [5.74, 6) is -0.142. The molecule has 5 N–H and O–H groups in total. The Labute approximate surface area is 107 Å². The van der Waals surface area contributed by atoms with Crippen LogP contribution in [0.2, 0.25) is 0 Å². The topological polar surface area (TPSA) is 92.6 Å². The summed E-state index contributed by atoms with van der Waals surface area (Å²) in [4.78, 5) is 13.9. The third-order valence-electron chi connectivity index (χ3n) is 2.66. The molecule has 0 saturated heterocycles. The minimum atomic E-state index is -0.142. The molecule has 1 amide bonds. The first-order valence-electron chi connectivity index (χ1n) is 6.14. The maximum atomic E-state index is 12.2. The van der Waals surface area contributed by atoms with E-state index in [1.165, 1.54) is 0 Å². The second-order valence-electron chi connectivity index (χ2n) is 4.26. The molecule has 0 bridgehead atoms. The van der Waals surface area contributed by atoms with Gasteiger partial charge in [0.05, 0.1) is 6.61 Å². The number of hydrogen-bond acceptors (Lipinski definition) is 4. The molecule has 0 aromatic heterocycles. The molecule has 0 aliphatic carbocycles. The molecular weight excluding hydrogens is 230 g/mol. The van der Waals surface area contributed by atoms with E-state index in [0.717, 1.165) is 12.8 Å². The molecule has 0 aliphatic rings. The molecule has 0 saturated carbocycles. The van der Waals surface area contributed by atoms with Crippen molar-refractivity contribution in [3.63, 3.8) is 0 Å². The van der Waals surface area contributed by atoms with E-state index in [-0.39, 0.29) is 12.5 Å². The van der Waals surface area contributed by atoms with E-state index in [1.807, 2.05) is 0 Å². The highest BCUT2D eigenvalue weighted by Crippen LogP contribution is 2.15. The lowest BCUT2D eigenvalue weighted by molar-refractivity contribution is 0.0719. The van der Waals surface area contributed by atoms with Crippen molar-refractivity contribution < 1.29 is 9.90 Å². The average molecular weight is 251 g/mol. The van der Waals surface area contributed by atoms with Gasteiger partial charge < -0.3 is 21.5 Å². The first-order chi connectivity index (χ1) is 8.58. The Morgan fingerprint density at radius 2 is 1.83 bits per heavy atom. The zero-order chi connectivity index (χ0) is 13.5. The van der Waals surface area contributed by atoms with Gasteiger partial charge in [0, 0.05) is 30.0 Å². The van der Waals surface area contributed by atoms with Gasteiger partial charge in [-0.2, -0.15) is 0 Å². The van der Waals surface area contributed by atoms with Crippen LogP contribution in [0, 0.1) is 0 Å². The highest BCUT2D eigenvalue weighted by molar-refractivity contribution is 5.96. The first kappa shape index (κ1) is 14.3. The number of anilines is 2. The maximum Gasteiger partial charge on any atom is 0.254 e. The van der Waals surface area contributed by atoms with Crippen molar-refractivity contribution in [2.75, 3.05) is 31.2 Å². The van der Waals surface area contributed by atoms with Gasteiger partial charge in [0.25, 0.3) is 5.91 Å². The van der Waals surface area contributed by atoms with Crippen LogP contribution in [0.3, 0.4) is 0 Å². The largest absolute Gasteiger partial charge is 0.399 e. The molecule has 0 fully saturated rings. The van der Waals surface area contributed by atoms with E-state index in [0.29, 0.717) is 30.0 Å². The smallest absolute Gasteiger partial charge is 0.254 e. The van der Waals surface area contributed by atoms with Gasteiger partial charge in [-0.05, 0) is 24.6 Å². The third kappa shape index (κ3) is 3.92. The fraction of sp³-hybridized carbons (Fsp3) is 0.462. The first-order valence-corrected chi connectivity index (χ1v) is 6.14. The number of aliphatic hydroxyl groups is 1. The number of nitrogens with two attached hydrogens (primary N) is 2. The van der Waals surface area contributed by atoms with E-state index in [4.69, 9.17) is 16.6 Å². The normalized spacial score (nSPS) is 10.3. The molecule has 0 atom stereocenters. The molecule has 0 spiro atoms. The summed E-state index contributed by atoms with van der Waals surface area (Å²) in [6, 6.07) is 4.82. The van der Waals surface area contributed by atoms with Crippen LogP contribution in [0.25, 0.3) is 0 Å². The zero-order valence-electron chi connectivity index (χ0n) is 10.7. The van der Waals surface area contributed by atoms with Crippen LogP contribution in [-0.4, -0.2) is 35.6 Å². The maximum absolute atomic E-state index is 12.2. The van der Waals surface area contributed by atoms with Gasteiger partial charge in [0.1, 0.15) is 0 Å². The number of amides is 1. The van der Waals surface area contributed by atoms with Crippen molar-refractivity contribution in [3.05, 3.63) is 23.8 Å². The quantitative estimate of drug-likeness (QED) is 0.660. The summed E-state index contributed by atoms with van der Waals surface area (Å²) in [6.45, 7) is 2.96. The molecule has 0 unspecified atom stereocenters. The van der Waals surface area contributed by atoms with Crippen molar-refractivity contribution in [3.8, 4) is 0 Å². The molecule has 5 heteroatoms. The van der Waals surface area contributed by atoms with Crippen molar-refractivity contribution in [1.29, 1.82) is 0 Å². The van der Waals surface area contributed by atoms with Crippen LogP contribution in [0.5, 0.6) is 0 Å². The Morgan fingerprint density at radius 1 is 1.22 bits per heavy atom. The van der Waals surface area contributed by atoms with Gasteiger partial charge in [-0.15, -0.1) is 0 Å². The van der Waals surface area contributed by atoms with Crippen molar-refractivity contribution in [1.82, 2.24) is 4.90 Å². The SMILES string of the molecule is CCCCN(CCO)C(=O)c1cc(N)cc(N)c1. The van der Waals surface area contributed by atoms with Crippen molar-refractivity contribution in [2.45, 2.75) is 19.8 Å². The predicted molar refractivity (Wildman–Crippen MR) is 73.2 cm³/mol. The second-order valence-corrected chi connectivity index (χ2v) is 4.26. The van der Waals surface area contributed by atoms with Crippen LogP contribution in [0.1, 0.15) is 30.1 Å². The monoisotopic (exact) mass is 251 g/mol.